The minimum Gasteiger partial charge on any atom is -0.321 e. The second-order valence-electron chi connectivity index (χ2n) is 5.60. The highest BCUT2D eigenvalue weighted by Crippen LogP contribution is 2.28. The molecule has 0 spiro atoms. The molecule has 1 amide bonds. The van der Waals surface area contributed by atoms with Crippen molar-refractivity contribution in [3.63, 3.8) is 0 Å². The van der Waals surface area contributed by atoms with Crippen LogP contribution in [0.5, 0.6) is 0 Å². The fourth-order valence-corrected chi connectivity index (χ4v) is 3.89. The van der Waals surface area contributed by atoms with Gasteiger partial charge in [0.2, 0.25) is 10.0 Å². The number of carbonyl (C=O) groups excluding carboxylic acids is 1. The topological polar surface area (TPSA) is 84.3 Å². The molecule has 0 saturated carbocycles. The molecule has 1 heterocycles. The molecular formula is C16H19F3N4O3S. The minimum atomic E-state index is -4.66. The van der Waals surface area contributed by atoms with Gasteiger partial charge in [0.05, 0.1) is 4.90 Å². The van der Waals surface area contributed by atoms with E-state index in [1.807, 2.05) is 0 Å². The number of benzene rings is 1. The summed E-state index contributed by atoms with van der Waals surface area (Å²) in [4.78, 5) is 12.3. The van der Waals surface area contributed by atoms with Crippen molar-refractivity contribution in [2.45, 2.75) is 24.9 Å². The Morgan fingerprint density at radius 2 is 1.74 bits per heavy atom. The molecule has 11 heteroatoms. The number of hydrogen-bond acceptors (Lipinski definition) is 4. The molecule has 1 N–H and O–H groups in total. The molecule has 27 heavy (non-hydrogen) atoms. The molecule has 148 valence electrons. The van der Waals surface area contributed by atoms with Crippen LogP contribution in [0.3, 0.4) is 0 Å². The Morgan fingerprint density at radius 3 is 2.19 bits per heavy atom. The Balaban J connectivity index is 2.20. The van der Waals surface area contributed by atoms with Gasteiger partial charge in [-0.25, -0.2) is 8.42 Å². The number of halogens is 3. The molecule has 0 fully saturated rings. The molecule has 0 unspecified atom stereocenters. The summed E-state index contributed by atoms with van der Waals surface area (Å²) in [7, 11) is -2.41. The molecule has 0 bridgehead atoms. The van der Waals surface area contributed by atoms with E-state index in [-0.39, 0.29) is 16.3 Å². The maximum atomic E-state index is 12.7. The van der Waals surface area contributed by atoms with E-state index < -0.39 is 27.8 Å². The van der Waals surface area contributed by atoms with Crippen LogP contribution in [-0.4, -0.2) is 41.5 Å². The Kier molecular flexibility index (Phi) is 5.95. The van der Waals surface area contributed by atoms with E-state index in [4.69, 9.17) is 0 Å². The van der Waals surface area contributed by atoms with Gasteiger partial charge < -0.3 is 5.32 Å². The van der Waals surface area contributed by atoms with Crippen molar-refractivity contribution < 1.29 is 26.4 Å². The second-order valence-corrected chi connectivity index (χ2v) is 7.54. The third kappa shape index (κ3) is 4.48. The zero-order chi connectivity index (χ0) is 20.4. The van der Waals surface area contributed by atoms with Crippen molar-refractivity contribution in [1.82, 2.24) is 14.1 Å². The summed E-state index contributed by atoms with van der Waals surface area (Å²) >= 11 is 0. The van der Waals surface area contributed by atoms with Crippen molar-refractivity contribution in [1.29, 1.82) is 0 Å². The van der Waals surface area contributed by atoms with Crippen molar-refractivity contribution in [3.05, 3.63) is 41.7 Å². The summed E-state index contributed by atoms with van der Waals surface area (Å²) in [5.74, 6) is -0.792. The first kappa shape index (κ1) is 20.9. The zero-order valence-corrected chi connectivity index (χ0v) is 15.7. The molecule has 0 radical (unpaired) electrons. The third-order valence-corrected chi connectivity index (χ3v) is 5.92. The van der Waals surface area contributed by atoms with Gasteiger partial charge in [0, 0.05) is 31.9 Å². The van der Waals surface area contributed by atoms with E-state index in [1.54, 1.807) is 13.8 Å². The summed E-state index contributed by atoms with van der Waals surface area (Å²) in [5.41, 5.74) is -1.20. The molecule has 0 aliphatic rings. The first-order chi connectivity index (χ1) is 12.5. The number of nitrogens with one attached hydrogen (secondary N) is 1. The van der Waals surface area contributed by atoms with Gasteiger partial charge in [-0.2, -0.15) is 22.6 Å². The quantitative estimate of drug-likeness (QED) is 0.802. The molecule has 0 atom stereocenters. The average Bonchev–Trinajstić information content (AvgIpc) is 2.98. The number of amides is 1. The number of carbonyl (C=O) groups is 1. The lowest BCUT2D eigenvalue weighted by molar-refractivity contribution is -0.141. The van der Waals surface area contributed by atoms with Crippen LogP contribution in [0.15, 0.2) is 35.2 Å². The lowest BCUT2D eigenvalue weighted by Crippen LogP contribution is -2.30. The van der Waals surface area contributed by atoms with Crippen LogP contribution in [0.25, 0.3) is 0 Å². The summed E-state index contributed by atoms with van der Waals surface area (Å²) < 4.78 is 65.0. The van der Waals surface area contributed by atoms with Gasteiger partial charge in [0.25, 0.3) is 5.91 Å². The first-order valence-electron chi connectivity index (χ1n) is 8.03. The van der Waals surface area contributed by atoms with Crippen LogP contribution in [0.1, 0.15) is 30.0 Å². The summed E-state index contributed by atoms with van der Waals surface area (Å²) in [5, 5.41) is 5.70. The smallest absolute Gasteiger partial charge is 0.321 e. The first-order valence-corrected chi connectivity index (χ1v) is 9.47. The van der Waals surface area contributed by atoms with Crippen molar-refractivity contribution in [2.75, 3.05) is 18.4 Å². The molecule has 2 rings (SSSR count). The number of alkyl halides is 3. The van der Waals surface area contributed by atoms with Gasteiger partial charge in [-0.3, -0.25) is 9.48 Å². The SMILES string of the molecule is CCN(CC)S(=O)(=O)c1ccc(NC(=O)c2cc(C(F)(F)F)nn2C)cc1. The Morgan fingerprint density at radius 1 is 1.19 bits per heavy atom. The van der Waals surface area contributed by atoms with Gasteiger partial charge in [-0.1, -0.05) is 13.8 Å². The molecule has 2 aromatic rings. The number of sulfonamides is 1. The number of nitrogens with zero attached hydrogens (tertiary/aromatic N) is 3. The highest BCUT2D eigenvalue weighted by Gasteiger charge is 2.35. The van der Waals surface area contributed by atoms with E-state index in [0.29, 0.717) is 19.2 Å². The van der Waals surface area contributed by atoms with Gasteiger partial charge in [0.1, 0.15) is 5.69 Å². The normalized spacial score (nSPS) is 12.4. The molecule has 1 aromatic heterocycles. The largest absolute Gasteiger partial charge is 0.435 e. The van der Waals surface area contributed by atoms with Crippen LogP contribution in [0.4, 0.5) is 18.9 Å². The molecule has 0 aliphatic heterocycles. The number of rotatable bonds is 6. The van der Waals surface area contributed by atoms with E-state index in [1.165, 1.54) is 35.6 Å². The van der Waals surface area contributed by atoms with Gasteiger partial charge >= 0.3 is 6.18 Å². The van der Waals surface area contributed by atoms with Crippen molar-refractivity contribution in [3.8, 4) is 0 Å². The summed E-state index contributed by atoms with van der Waals surface area (Å²) in [6.07, 6.45) is -4.66. The van der Waals surface area contributed by atoms with Crippen LogP contribution >= 0.6 is 0 Å². The summed E-state index contributed by atoms with van der Waals surface area (Å²) in [6.45, 7) is 4.08. The molecule has 0 saturated heterocycles. The van der Waals surface area contributed by atoms with E-state index in [0.717, 1.165) is 4.68 Å². The fourth-order valence-electron chi connectivity index (χ4n) is 2.44. The standard InChI is InChI=1S/C16H19F3N4O3S/c1-4-23(5-2)27(25,26)12-8-6-11(7-9-12)20-15(24)13-10-14(16(17,18)19)21-22(13)3/h6-10H,4-5H2,1-3H3,(H,20,24). The molecule has 1 aromatic carbocycles. The molecule has 7 nitrogen and oxygen atoms in total. The van der Waals surface area contributed by atoms with Crippen molar-refractivity contribution >= 4 is 21.6 Å². The van der Waals surface area contributed by atoms with E-state index in [2.05, 4.69) is 10.4 Å². The maximum absolute atomic E-state index is 12.7. The number of aryl methyl sites for hydroxylation is 1. The Bertz CT molecular complexity index is 917. The second kappa shape index (κ2) is 7.69. The van der Waals surface area contributed by atoms with Crippen LogP contribution in [-0.2, 0) is 23.2 Å². The van der Waals surface area contributed by atoms with Crippen LogP contribution in [0.2, 0.25) is 0 Å². The van der Waals surface area contributed by atoms with E-state index in [9.17, 15) is 26.4 Å². The van der Waals surface area contributed by atoms with E-state index >= 15 is 0 Å². The summed E-state index contributed by atoms with van der Waals surface area (Å²) in [6, 6.07) is 6.04. The predicted octanol–water partition coefficient (Wildman–Crippen LogP) is 2.72. The molecular weight excluding hydrogens is 385 g/mol. The van der Waals surface area contributed by atoms with Crippen molar-refractivity contribution in [2.24, 2.45) is 7.05 Å². The maximum Gasteiger partial charge on any atom is 0.435 e. The third-order valence-electron chi connectivity index (χ3n) is 3.86. The van der Waals surface area contributed by atoms with Gasteiger partial charge in [-0.15, -0.1) is 0 Å². The van der Waals surface area contributed by atoms with Crippen LogP contribution in [0, 0.1) is 0 Å². The lowest BCUT2D eigenvalue weighted by atomic mass is 10.3. The fraction of sp³-hybridized carbons (Fsp3) is 0.375. The lowest BCUT2D eigenvalue weighted by Gasteiger charge is -2.18. The highest BCUT2D eigenvalue weighted by molar-refractivity contribution is 7.89. The Hall–Kier alpha value is -2.40. The predicted molar refractivity (Wildman–Crippen MR) is 92.7 cm³/mol. The number of aromatic nitrogens is 2. The number of anilines is 1. The Labute approximate surface area is 154 Å². The number of hydrogen-bond donors (Lipinski definition) is 1. The van der Waals surface area contributed by atoms with Gasteiger partial charge in [0.15, 0.2) is 5.69 Å². The highest BCUT2D eigenvalue weighted by atomic mass is 32.2. The van der Waals surface area contributed by atoms with Crippen LogP contribution < -0.4 is 5.32 Å². The average molecular weight is 404 g/mol. The zero-order valence-electron chi connectivity index (χ0n) is 14.9. The molecule has 0 aliphatic carbocycles. The minimum absolute atomic E-state index is 0.0593. The van der Waals surface area contributed by atoms with Gasteiger partial charge in [-0.05, 0) is 24.3 Å². The monoisotopic (exact) mass is 404 g/mol.